The predicted molar refractivity (Wildman–Crippen MR) is 106 cm³/mol. The number of likely N-dealkylation sites (N-methyl/N-ethyl adjacent to an activating group) is 1. The van der Waals surface area contributed by atoms with E-state index in [1.165, 1.54) is 0 Å². The van der Waals surface area contributed by atoms with Crippen molar-refractivity contribution in [2.75, 3.05) is 26.7 Å². The van der Waals surface area contributed by atoms with Gasteiger partial charge in [0.15, 0.2) is 5.96 Å². The number of likely N-dealkylation sites (tertiary alicyclic amines) is 1. The Morgan fingerprint density at radius 1 is 1.33 bits per heavy atom. The molecule has 148 valence electrons. The molecule has 1 atom stereocenters. The second-order valence-electron chi connectivity index (χ2n) is 6.80. The molecule has 1 amide bonds. The number of guanidine groups is 1. The zero-order chi connectivity index (χ0) is 19.6. The van der Waals surface area contributed by atoms with Gasteiger partial charge >= 0.3 is 0 Å². The summed E-state index contributed by atoms with van der Waals surface area (Å²) in [7, 11) is 1.83. The lowest BCUT2D eigenvalue weighted by Crippen LogP contribution is -2.51. The molecule has 1 aromatic rings. The largest absolute Gasteiger partial charge is 0.357 e. The van der Waals surface area contributed by atoms with E-state index in [0.29, 0.717) is 19.5 Å². The normalized spacial score (nSPS) is 17.7. The minimum atomic E-state index is -0.381. The van der Waals surface area contributed by atoms with Crippen molar-refractivity contribution in [3.05, 3.63) is 39.9 Å². The molecular weight excluding hydrogens is 346 g/mol. The molecule has 1 aromatic carbocycles. The average Bonchev–Trinajstić information content (AvgIpc) is 2.65. The molecule has 1 saturated heterocycles. The van der Waals surface area contributed by atoms with E-state index in [1.807, 2.05) is 26.1 Å². The molecule has 27 heavy (non-hydrogen) atoms. The van der Waals surface area contributed by atoms with Crippen molar-refractivity contribution in [3.8, 4) is 0 Å². The van der Waals surface area contributed by atoms with Crippen LogP contribution in [0.4, 0.5) is 5.69 Å². The number of nitrogens with one attached hydrogen (secondary N) is 2. The van der Waals surface area contributed by atoms with Crippen molar-refractivity contribution in [1.82, 2.24) is 15.5 Å². The van der Waals surface area contributed by atoms with Gasteiger partial charge in [-0.1, -0.05) is 12.1 Å². The molecule has 0 spiro atoms. The van der Waals surface area contributed by atoms with Crippen LogP contribution in [-0.2, 0) is 11.2 Å². The number of amides is 1. The van der Waals surface area contributed by atoms with Gasteiger partial charge in [0.2, 0.25) is 5.91 Å². The second kappa shape index (κ2) is 10.5. The van der Waals surface area contributed by atoms with Gasteiger partial charge in [-0.05, 0) is 38.2 Å². The number of benzene rings is 1. The number of nitrogens with zero attached hydrogens (tertiary/aromatic N) is 3. The monoisotopic (exact) mass is 375 g/mol. The number of carbonyl (C=O) groups is 1. The second-order valence-corrected chi connectivity index (χ2v) is 6.80. The highest BCUT2D eigenvalue weighted by Gasteiger charge is 2.23. The van der Waals surface area contributed by atoms with E-state index in [4.69, 9.17) is 0 Å². The van der Waals surface area contributed by atoms with Crippen molar-refractivity contribution >= 4 is 17.6 Å². The van der Waals surface area contributed by atoms with Crippen LogP contribution in [0.15, 0.2) is 29.3 Å². The van der Waals surface area contributed by atoms with Crippen LogP contribution in [0.25, 0.3) is 0 Å². The molecule has 0 bridgehead atoms. The first-order valence-electron chi connectivity index (χ1n) is 9.51. The van der Waals surface area contributed by atoms with E-state index >= 15 is 0 Å². The van der Waals surface area contributed by atoms with Crippen LogP contribution in [0, 0.1) is 10.1 Å². The summed E-state index contributed by atoms with van der Waals surface area (Å²) in [5.74, 6) is 0.988. The molecule has 1 unspecified atom stereocenters. The summed E-state index contributed by atoms with van der Waals surface area (Å²) in [5.41, 5.74) is 1.23. The van der Waals surface area contributed by atoms with E-state index in [2.05, 4.69) is 15.6 Å². The highest BCUT2D eigenvalue weighted by Crippen LogP contribution is 2.13. The summed E-state index contributed by atoms with van der Waals surface area (Å²) >= 11 is 0. The maximum absolute atomic E-state index is 11.6. The molecule has 1 aliphatic rings. The van der Waals surface area contributed by atoms with Gasteiger partial charge in [-0.3, -0.25) is 19.9 Å². The molecule has 8 heteroatoms. The molecule has 0 aliphatic carbocycles. The summed E-state index contributed by atoms with van der Waals surface area (Å²) in [4.78, 5) is 28.2. The van der Waals surface area contributed by atoms with E-state index in [1.54, 1.807) is 17.0 Å². The zero-order valence-corrected chi connectivity index (χ0v) is 16.1. The lowest BCUT2D eigenvalue weighted by Gasteiger charge is -2.31. The Balaban J connectivity index is 1.74. The fourth-order valence-corrected chi connectivity index (χ4v) is 3.06. The van der Waals surface area contributed by atoms with Gasteiger partial charge in [0.25, 0.3) is 5.69 Å². The van der Waals surface area contributed by atoms with Gasteiger partial charge in [-0.25, -0.2) is 0 Å². The number of rotatable bonds is 8. The number of carbonyl (C=O) groups excluding carboxylic acids is 1. The third-order valence-electron chi connectivity index (χ3n) is 4.60. The fraction of sp³-hybridized carbons (Fsp3) is 0.579. The van der Waals surface area contributed by atoms with Crippen LogP contribution in [0.1, 0.15) is 38.2 Å². The summed E-state index contributed by atoms with van der Waals surface area (Å²) in [6.45, 7) is 4.23. The van der Waals surface area contributed by atoms with Gasteiger partial charge in [-0.15, -0.1) is 0 Å². The van der Waals surface area contributed by atoms with Crippen molar-refractivity contribution in [2.45, 2.75) is 45.1 Å². The lowest BCUT2D eigenvalue weighted by molar-refractivity contribution is -0.384. The summed E-state index contributed by atoms with van der Waals surface area (Å²) in [6.07, 6.45) is 4.20. The molecule has 1 fully saturated rings. The Bertz CT molecular complexity index is 660. The van der Waals surface area contributed by atoms with Gasteiger partial charge in [0.05, 0.1) is 4.92 Å². The number of aliphatic imine (C=N–C) groups is 1. The van der Waals surface area contributed by atoms with Crippen LogP contribution in [0.3, 0.4) is 0 Å². The Morgan fingerprint density at radius 2 is 2.07 bits per heavy atom. The Hall–Kier alpha value is -2.64. The zero-order valence-electron chi connectivity index (χ0n) is 16.1. The predicted octanol–water partition coefficient (Wildman–Crippen LogP) is 2.09. The van der Waals surface area contributed by atoms with E-state index in [0.717, 1.165) is 43.8 Å². The molecule has 0 saturated carbocycles. The number of aryl methyl sites for hydroxylation is 1. The minimum Gasteiger partial charge on any atom is -0.357 e. The number of unbranched alkanes of at least 4 members (excludes halogenated alkanes) is 1. The van der Waals surface area contributed by atoms with Crippen LogP contribution in [-0.4, -0.2) is 54.4 Å². The van der Waals surface area contributed by atoms with Crippen LogP contribution >= 0.6 is 0 Å². The molecular formula is C19H29N5O3. The van der Waals surface area contributed by atoms with Gasteiger partial charge < -0.3 is 15.5 Å². The van der Waals surface area contributed by atoms with Gasteiger partial charge in [0, 0.05) is 51.3 Å². The minimum absolute atomic E-state index is 0.125. The smallest absolute Gasteiger partial charge is 0.269 e. The number of nitro benzene ring substituents is 1. The summed E-state index contributed by atoms with van der Waals surface area (Å²) in [5, 5.41) is 17.3. The van der Waals surface area contributed by atoms with Crippen molar-refractivity contribution in [1.29, 1.82) is 0 Å². The molecule has 1 aliphatic heterocycles. The first kappa shape index (κ1) is 20.7. The Labute approximate surface area is 160 Å². The first-order chi connectivity index (χ1) is 13.0. The highest BCUT2D eigenvalue weighted by molar-refractivity contribution is 5.81. The van der Waals surface area contributed by atoms with Crippen molar-refractivity contribution in [2.24, 2.45) is 4.99 Å². The van der Waals surface area contributed by atoms with Gasteiger partial charge in [0.1, 0.15) is 0 Å². The molecule has 2 rings (SSSR count). The van der Waals surface area contributed by atoms with Crippen LogP contribution in [0.2, 0.25) is 0 Å². The summed E-state index contributed by atoms with van der Waals surface area (Å²) in [6, 6.07) is 6.95. The molecule has 8 nitrogen and oxygen atoms in total. The number of hydrogen-bond acceptors (Lipinski definition) is 4. The molecule has 0 radical (unpaired) electrons. The maximum atomic E-state index is 11.6. The average molecular weight is 375 g/mol. The van der Waals surface area contributed by atoms with E-state index in [-0.39, 0.29) is 22.6 Å². The quantitative estimate of drug-likeness (QED) is 0.238. The Kier molecular flexibility index (Phi) is 8.03. The number of hydrogen-bond donors (Lipinski definition) is 2. The topological polar surface area (TPSA) is 99.9 Å². The van der Waals surface area contributed by atoms with Crippen LogP contribution in [0.5, 0.6) is 0 Å². The number of nitro groups is 1. The number of non-ortho nitro benzene ring substituents is 1. The highest BCUT2D eigenvalue weighted by atomic mass is 16.6. The number of piperidine rings is 1. The van der Waals surface area contributed by atoms with E-state index in [9.17, 15) is 14.9 Å². The van der Waals surface area contributed by atoms with E-state index < -0.39 is 0 Å². The Morgan fingerprint density at radius 3 is 2.70 bits per heavy atom. The van der Waals surface area contributed by atoms with Crippen molar-refractivity contribution in [3.63, 3.8) is 0 Å². The first-order valence-corrected chi connectivity index (χ1v) is 9.51. The van der Waals surface area contributed by atoms with Gasteiger partial charge in [-0.2, -0.15) is 0 Å². The molecule has 0 aromatic heterocycles. The standard InChI is InChI=1S/C19H29N5O3/c1-3-20-19(22-16-9-12-18(25)23(2)14-16)21-13-5-4-6-15-7-10-17(11-8-15)24(26)27/h7-8,10-11,16H,3-6,9,12-14H2,1-2H3,(H2,20,21,22). The van der Waals surface area contributed by atoms with Crippen molar-refractivity contribution < 1.29 is 9.72 Å². The third kappa shape index (κ3) is 6.88. The SMILES string of the molecule is CCNC(=NCCCCc1ccc([N+](=O)[O-])cc1)NC1CCC(=O)N(C)C1. The summed E-state index contributed by atoms with van der Waals surface area (Å²) < 4.78 is 0. The van der Waals surface area contributed by atoms with Crippen LogP contribution < -0.4 is 10.6 Å². The lowest BCUT2D eigenvalue weighted by atomic mass is 10.1. The third-order valence-corrected chi connectivity index (χ3v) is 4.60. The molecule has 2 N–H and O–H groups in total. The molecule has 1 heterocycles. The fourth-order valence-electron chi connectivity index (χ4n) is 3.06. The maximum Gasteiger partial charge on any atom is 0.269 e.